The van der Waals surface area contributed by atoms with Gasteiger partial charge < -0.3 is 29.9 Å². The molecule has 0 radical (unpaired) electrons. The third-order valence-electron chi connectivity index (χ3n) is 3.26. The molecule has 2 unspecified atom stereocenters. The van der Waals surface area contributed by atoms with Gasteiger partial charge in [0.25, 0.3) is 0 Å². The fraction of sp³-hybridized carbons (Fsp3) is 0.750. The first kappa shape index (κ1) is 25.7. The van der Waals surface area contributed by atoms with E-state index in [-0.39, 0.29) is 32.8 Å². The predicted octanol–water partition coefficient (Wildman–Crippen LogP) is -1.83. The van der Waals surface area contributed by atoms with E-state index in [4.69, 9.17) is 29.9 Å². The van der Waals surface area contributed by atoms with Crippen molar-refractivity contribution in [2.24, 2.45) is 0 Å². The normalized spacial score (nSPS) is 13.3. The van der Waals surface area contributed by atoms with E-state index in [1.54, 1.807) is 13.8 Å². The van der Waals surface area contributed by atoms with Crippen LogP contribution >= 0.6 is 0 Å². The van der Waals surface area contributed by atoms with E-state index in [1.165, 1.54) is 4.90 Å². The summed E-state index contributed by atoms with van der Waals surface area (Å²) in [4.78, 5) is 46.8. The quantitative estimate of drug-likeness (QED) is 0.211. The number of carbonyl (C=O) groups excluding carboxylic acids is 1. The van der Waals surface area contributed by atoms with Crippen LogP contribution in [0.5, 0.6) is 0 Å². The molecule has 0 amide bonds. The number of aliphatic hydroxyl groups is 1. The van der Waals surface area contributed by atoms with Gasteiger partial charge in [-0.25, -0.2) is 0 Å². The number of esters is 1. The van der Waals surface area contributed by atoms with Crippen LogP contribution in [0.2, 0.25) is 0 Å². The molecule has 0 aromatic heterocycles. The first-order valence-corrected chi connectivity index (χ1v) is 8.55. The van der Waals surface area contributed by atoms with E-state index >= 15 is 0 Å². The van der Waals surface area contributed by atoms with Gasteiger partial charge in [0.2, 0.25) is 0 Å². The van der Waals surface area contributed by atoms with Crippen molar-refractivity contribution >= 4 is 23.9 Å². The summed E-state index contributed by atoms with van der Waals surface area (Å²) in [5.41, 5.74) is 0. The molecule has 0 aliphatic heterocycles. The number of rotatable bonds is 16. The molecule has 28 heavy (non-hydrogen) atoms. The second kappa shape index (κ2) is 13.8. The summed E-state index contributed by atoms with van der Waals surface area (Å²) < 4.78 is 10.2. The van der Waals surface area contributed by atoms with Crippen molar-refractivity contribution in [2.45, 2.75) is 26.1 Å². The molecule has 12 heteroatoms. The molecule has 0 aromatic rings. The molecule has 0 fully saturated rings. The van der Waals surface area contributed by atoms with E-state index in [1.807, 2.05) is 0 Å². The summed E-state index contributed by atoms with van der Waals surface area (Å²) in [5, 5.41) is 35.7. The highest BCUT2D eigenvalue weighted by Crippen LogP contribution is 1.98. The lowest BCUT2D eigenvalue weighted by Crippen LogP contribution is -2.43. The van der Waals surface area contributed by atoms with Gasteiger partial charge in [-0.1, -0.05) is 0 Å². The molecule has 0 saturated carbocycles. The number of carboxylic acid groups (broad SMARTS) is 3. The van der Waals surface area contributed by atoms with E-state index < -0.39 is 55.7 Å². The highest BCUT2D eigenvalue weighted by molar-refractivity contribution is 5.74. The molecule has 0 aliphatic carbocycles. The SMILES string of the molecule is CC(O)COC(C)COC(=O)CN(CCN(CC(=O)O)CC(=O)O)CC(=O)O. The summed E-state index contributed by atoms with van der Waals surface area (Å²) in [5.74, 6) is -4.37. The van der Waals surface area contributed by atoms with Crippen molar-refractivity contribution < 1.29 is 49.1 Å². The molecule has 0 rings (SSSR count). The van der Waals surface area contributed by atoms with Crippen LogP contribution in [0.1, 0.15) is 13.8 Å². The zero-order chi connectivity index (χ0) is 21.7. The zero-order valence-corrected chi connectivity index (χ0v) is 15.9. The first-order chi connectivity index (χ1) is 13.0. The van der Waals surface area contributed by atoms with Gasteiger partial charge >= 0.3 is 23.9 Å². The third-order valence-corrected chi connectivity index (χ3v) is 3.26. The number of ether oxygens (including phenoxy) is 2. The molecular formula is C16H28N2O10. The van der Waals surface area contributed by atoms with Crippen LogP contribution in [0, 0.1) is 0 Å². The number of carboxylic acids is 3. The highest BCUT2D eigenvalue weighted by atomic mass is 16.6. The van der Waals surface area contributed by atoms with Gasteiger partial charge in [0.05, 0.1) is 45.0 Å². The number of hydrogen-bond acceptors (Lipinski definition) is 9. The molecule has 0 aliphatic rings. The van der Waals surface area contributed by atoms with Crippen LogP contribution in [0.25, 0.3) is 0 Å². The van der Waals surface area contributed by atoms with Crippen LogP contribution in [-0.4, -0.2) is 119 Å². The standard InChI is InChI=1S/C16H28N2O10/c1-11(19)9-27-12(2)10-28-16(26)8-18(7-15(24)25)4-3-17(5-13(20)21)6-14(22)23/h11-12,19H,3-10H2,1-2H3,(H,20,21)(H,22,23)(H,24,25). The Labute approximate surface area is 162 Å². The van der Waals surface area contributed by atoms with Crippen LogP contribution in [0.15, 0.2) is 0 Å². The second-order valence-corrected chi connectivity index (χ2v) is 6.28. The van der Waals surface area contributed by atoms with Gasteiger partial charge in [-0.15, -0.1) is 0 Å². The summed E-state index contributed by atoms with van der Waals surface area (Å²) in [6.07, 6.45) is -1.13. The minimum absolute atomic E-state index is 0.0456. The monoisotopic (exact) mass is 408 g/mol. The van der Waals surface area contributed by atoms with Gasteiger partial charge in [-0.05, 0) is 13.8 Å². The van der Waals surface area contributed by atoms with Crippen LogP contribution < -0.4 is 0 Å². The average molecular weight is 408 g/mol. The smallest absolute Gasteiger partial charge is 0.320 e. The zero-order valence-electron chi connectivity index (χ0n) is 15.9. The summed E-state index contributed by atoms with van der Waals surface area (Å²) in [7, 11) is 0. The molecule has 4 N–H and O–H groups in total. The Hall–Kier alpha value is -2.28. The topological polar surface area (TPSA) is 174 Å². The van der Waals surface area contributed by atoms with Crippen LogP contribution in [0.4, 0.5) is 0 Å². The number of carbonyl (C=O) groups is 4. The minimum atomic E-state index is -1.23. The Bertz CT molecular complexity index is 510. The average Bonchev–Trinajstić information content (AvgIpc) is 2.54. The molecule has 2 atom stereocenters. The maximum absolute atomic E-state index is 11.9. The summed E-state index contributed by atoms with van der Waals surface area (Å²) in [6, 6.07) is 0. The van der Waals surface area contributed by atoms with Crippen LogP contribution in [-0.2, 0) is 28.7 Å². The van der Waals surface area contributed by atoms with Crippen molar-refractivity contribution in [2.75, 3.05) is 52.5 Å². The number of aliphatic carboxylic acids is 3. The van der Waals surface area contributed by atoms with Crippen molar-refractivity contribution in [3.63, 3.8) is 0 Å². The number of hydrogen-bond donors (Lipinski definition) is 4. The highest BCUT2D eigenvalue weighted by Gasteiger charge is 2.19. The van der Waals surface area contributed by atoms with E-state index in [9.17, 15) is 19.2 Å². The number of nitrogens with zero attached hydrogens (tertiary/aromatic N) is 2. The van der Waals surface area contributed by atoms with E-state index in [2.05, 4.69) is 0 Å². The lowest BCUT2D eigenvalue weighted by atomic mass is 10.3. The Morgan fingerprint density at radius 2 is 1.21 bits per heavy atom. The molecule has 0 heterocycles. The lowest BCUT2D eigenvalue weighted by molar-refractivity contribution is -0.151. The van der Waals surface area contributed by atoms with Gasteiger partial charge in [0.1, 0.15) is 6.61 Å². The van der Waals surface area contributed by atoms with E-state index in [0.29, 0.717) is 0 Å². The lowest BCUT2D eigenvalue weighted by Gasteiger charge is -2.24. The van der Waals surface area contributed by atoms with Crippen molar-refractivity contribution in [1.29, 1.82) is 0 Å². The molecule has 0 bridgehead atoms. The third kappa shape index (κ3) is 14.8. The maximum atomic E-state index is 11.9. The molecule has 0 saturated heterocycles. The Kier molecular flexibility index (Phi) is 12.7. The van der Waals surface area contributed by atoms with Gasteiger partial charge in [-0.2, -0.15) is 0 Å². The minimum Gasteiger partial charge on any atom is -0.480 e. The van der Waals surface area contributed by atoms with Gasteiger partial charge in [0.15, 0.2) is 0 Å². The fourth-order valence-corrected chi connectivity index (χ4v) is 2.07. The van der Waals surface area contributed by atoms with Gasteiger partial charge in [-0.3, -0.25) is 29.0 Å². The fourth-order valence-electron chi connectivity index (χ4n) is 2.07. The largest absolute Gasteiger partial charge is 0.480 e. The second-order valence-electron chi connectivity index (χ2n) is 6.28. The predicted molar refractivity (Wildman–Crippen MR) is 93.8 cm³/mol. The molecule has 162 valence electrons. The van der Waals surface area contributed by atoms with E-state index in [0.717, 1.165) is 4.90 Å². The number of aliphatic hydroxyl groups excluding tert-OH is 1. The van der Waals surface area contributed by atoms with Gasteiger partial charge in [0, 0.05) is 13.1 Å². The molecule has 12 nitrogen and oxygen atoms in total. The summed E-state index contributed by atoms with van der Waals surface area (Å²) >= 11 is 0. The Balaban J connectivity index is 4.58. The Morgan fingerprint density at radius 1 is 0.786 bits per heavy atom. The molecular weight excluding hydrogens is 380 g/mol. The maximum Gasteiger partial charge on any atom is 0.320 e. The van der Waals surface area contributed by atoms with Crippen molar-refractivity contribution in [1.82, 2.24) is 9.80 Å². The molecule has 0 spiro atoms. The van der Waals surface area contributed by atoms with Crippen molar-refractivity contribution in [3.8, 4) is 0 Å². The molecule has 0 aromatic carbocycles. The summed E-state index contributed by atoms with van der Waals surface area (Å²) in [6.45, 7) is 1.12. The Morgan fingerprint density at radius 3 is 1.61 bits per heavy atom. The van der Waals surface area contributed by atoms with Crippen molar-refractivity contribution in [3.05, 3.63) is 0 Å². The first-order valence-electron chi connectivity index (χ1n) is 8.55. The van der Waals surface area contributed by atoms with Crippen LogP contribution in [0.3, 0.4) is 0 Å².